The van der Waals surface area contributed by atoms with E-state index in [0.717, 1.165) is 49.1 Å². The minimum atomic E-state index is -0.718. The van der Waals surface area contributed by atoms with Crippen molar-refractivity contribution in [2.45, 2.75) is 44.9 Å². The van der Waals surface area contributed by atoms with E-state index < -0.39 is 5.97 Å². The summed E-state index contributed by atoms with van der Waals surface area (Å²) in [5, 5.41) is 10.3. The van der Waals surface area contributed by atoms with Crippen LogP contribution in [0.25, 0.3) is 0 Å². The molecular formula is C14H20N2O2S. The molecule has 104 valence electrons. The second kappa shape index (κ2) is 5.12. The summed E-state index contributed by atoms with van der Waals surface area (Å²) in [7, 11) is 0. The number of aryl methyl sites for hydroxylation is 1. The Kier molecular flexibility index (Phi) is 3.48. The third-order valence-electron chi connectivity index (χ3n) is 4.30. The van der Waals surface area contributed by atoms with Gasteiger partial charge in [-0.05, 0) is 38.0 Å². The van der Waals surface area contributed by atoms with Crippen LogP contribution in [-0.4, -0.2) is 29.1 Å². The first-order valence-corrected chi connectivity index (χ1v) is 7.94. The first-order valence-electron chi connectivity index (χ1n) is 7.12. The van der Waals surface area contributed by atoms with Crippen LogP contribution in [0.3, 0.4) is 0 Å². The number of hydrogen-bond donors (Lipinski definition) is 1. The van der Waals surface area contributed by atoms with E-state index in [1.807, 2.05) is 0 Å². The van der Waals surface area contributed by atoms with Crippen molar-refractivity contribution in [2.75, 3.05) is 18.0 Å². The molecule has 0 radical (unpaired) electrons. The molecule has 3 rings (SSSR count). The zero-order valence-electron chi connectivity index (χ0n) is 11.3. The Morgan fingerprint density at radius 2 is 2.11 bits per heavy atom. The quantitative estimate of drug-likeness (QED) is 0.905. The zero-order chi connectivity index (χ0) is 13.4. The highest BCUT2D eigenvalue weighted by atomic mass is 32.1. The molecule has 2 heterocycles. The van der Waals surface area contributed by atoms with Gasteiger partial charge in [0.05, 0.1) is 5.69 Å². The van der Waals surface area contributed by atoms with E-state index in [1.54, 1.807) is 11.3 Å². The lowest BCUT2D eigenvalue weighted by Crippen LogP contribution is -2.32. The van der Waals surface area contributed by atoms with Crippen LogP contribution in [0.15, 0.2) is 0 Å². The molecule has 0 amide bonds. The Bertz CT molecular complexity index is 478. The monoisotopic (exact) mass is 280 g/mol. The van der Waals surface area contributed by atoms with Crippen molar-refractivity contribution >= 4 is 22.4 Å². The molecule has 1 unspecified atom stereocenters. The third-order valence-corrected chi connectivity index (χ3v) is 5.49. The minimum Gasteiger partial charge on any atom is -0.481 e. The van der Waals surface area contributed by atoms with Gasteiger partial charge in [0.2, 0.25) is 0 Å². The van der Waals surface area contributed by atoms with Gasteiger partial charge in [0.25, 0.3) is 0 Å². The van der Waals surface area contributed by atoms with Crippen molar-refractivity contribution in [2.24, 2.45) is 5.92 Å². The van der Waals surface area contributed by atoms with Gasteiger partial charge < -0.3 is 10.0 Å². The number of carbonyl (C=O) groups is 1. The number of piperidine rings is 1. The summed E-state index contributed by atoms with van der Waals surface area (Å²) in [5.74, 6) is -0.292. The van der Waals surface area contributed by atoms with Crippen molar-refractivity contribution in [3.8, 4) is 0 Å². The molecule has 5 heteroatoms. The van der Waals surface area contributed by atoms with Crippen molar-refractivity contribution < 1.29 is 9.90 Å². The number of thiazole rings is 1. The average Bonchev–Trinajstić information content (AvgIpc) is 2.82. The van der Waals surface area contributed by atoms with Crippen LogP contribution < -0.4 is 4.90 Å². The standard InChI is InChI=1S/C14H20N2O2S/c1-9-5-7-16(8-6-9)14-15-12-10(13(17)18)3-2-4-11(12)19-14/h9-10H,2-8H2,1H3,(H,17,18). The first-order chi connectivity index (χ1) is 9.15. The number of nitrogens with zero attached hydrogens (tertiary/aromatic N) is 2. The van der Waals surface area contributed by atoms with Gasteiger partial charge in [0.1, 0.15) is 5.92 Å². The maximum absolute atomic E-state index is 11.3. The van der Waals surface area contributed by atoms with Gasteiger partial charge in [0, 0.05) is 18.0 Å². The maximum Gasteiger partial charge on any atom is 0.312 e. The van der Waals surface area contributed by atoms with Crippen molar-refractivity contribution in [1.82, 2.24) is 4.98 Å². The molecule has 1 aromatic rings. The number of carboxylic acids is 1. The highest BCUT2D eigenvalue weighted by Gasteiger charge is 2.31. The lowest BCUT2D eigenvalue weighted by atomic mass is 9.91. The summed E-state index contributed by atoms with van der Waals surface area (Å²) < 4.78 is 0. The maximum atomic E-state index is 11.3. The Morgan fingerprint density at radius 1 is 1.37 bits per heavy atom. The van der Waals surface area contributed by atoms with Crippen LogP contribution in [0.2, 0.25) is 0 Å². The highest BCUT2D eigenvalue weighted by Crippen LogP contribution is 2.38. The number of aromatic nitrogens is 1. The molecule has 1 N–H and O–H groups in total. The molecule has 1 atom stereocenters. The van der Waals surface area contributed by atoms with E-state index in [1.165, 1.54) is 17.7 Å². The predicted molar refractivity (Wildman–Crippen MR) is 76.0 cm³/mol. The number of anilines is 1. The number of rotatable bonds is 2. The van der Waals surface area contributed by atoms with E-state index in [0.29, 0.717) is 0 Å². The van der Waals surface area contributed by atoms with E-state index in [4.69, 9.17) is 0 Å². The van der Waals surface area contributed by atoms with Gasteiger partial charge in [-0.3, -0.25) is 4.79 Å². The third kappa shape index (κ3) is 2.48. The van der Waals surface area contributed by atoms with Gasteiger partial charge >= 0.3 is 5.97 Å². The van der Waals surface area contributed by atoms with Crippen LogP contribution in [0.5, 0.6) is 0 Å². The molecule has 1 fully saturated rings. The lowest BCUT2D eigenvalue weighted by molar-refractivity contribution is -0.139. The minimum absolute atomic E-state index is 0.377. The predicted octanol–water partition coefficient (Wildman–Crippen LogP) is 2.88. The fourth-order valence-corrected chi connectivity index (χ4v) is 4.20. The van der Waals surface area contributed by atoms with E-state index in [9.17, 15) is 9.90 Å². The van der Waals surface area contributed by atoms with Crippen LogP contribution >= 0.6 is 11.3 Å². The highest BCUT2D eigenvalue weighted by molar-refractivity contribution is 7.15. The summed E-state index contributed by atoms with van der Waals surface area (Å²) in [6, 6.07) is 0. The van der Waals surface area contributed by atoms with Gasteiger partial charge in [-0.15, -0.1) is 11.3 Å². The molecule has 19 heavy (non-hydrogen) atoms. The van der Waals surface area contributed by atoms with Crippen molar-refractivity contribution in [1.29, 1.82) is 0 Å². The first kappa shape index (κ1) is 12.9. The average molecular weight is 280 g/mol. The summed E-state index contributed by atoms with van der Waals surface area (Å²) in [4.78, 5) is 19.5. The SMILES string of the molecule is CC1CCN(c2nc3c(s2)CCCC3C(=O)O)CC1. The number of carboxylic acid groups (broad SMARTS) is 1. The Labute approximate surface area is 117 Å². The molecule has 1 saturated heterocycles. The zero-order valence-corrected chi connectivity index (χ0v) is 12.1. The summed E-state index contributed by atoms with van der Waals surface area (Å²) >= 11 is 1.72. The molecule has 0 aromatic carbocycles. The molecular weight excluding hydrogens is 260 g/mol. The largest absolute Gasteiger partial charge is 0.481 e. The topological polar surface area (TPSA) is 53.4 Å². The number of fused-ring (bicyclic) bond motifs is 1. The van der Waals surface area contributed by atoms with Gasteiger partial charge in [-0.2, -0.15) is 0 Å². The van der Waals surface area contributed by atoms with Crippen LogP contribution in [-0.2, 0) is 11.2 Å². The van der Waals surface area contributed by atoms with Crippen LogP contribution in [0, 0.1) is 5.92 Å². The second-order valence-electron chi connectivity index (χ2n) is 5.76. The molecule has 1 aliphatic heterocycles. The normalized spacial score (nSPS) is 24.3. The summed E-state index contributed by atoms with van der Waals surface area (Å²) in [6.45, 7) is 4.42. The van der Waals surface area contributed by atoms with E-state index in [2.05, 4.69) is 16.8 Å². The van der Waals surface area contributed by atoms with Gasteiger partial charge in [0.15, 0.2) is 5.13 Å². The van der Waals surface area contributed by atoms with Crippen LogP contribution in [0.1, 0.15) is 49.1 Å². The van der Waals surface area contributed by atoms with E-state index in [-0.39, 0.29) is 5.92 Å². The summed E-state index contributed by atoms with van der Waals surface area (Å²) in [6.07, 6.45) is 5.14. The molecule has 0 saturated carbocycles. The molecule has 1 aromatic heterocycles. The van der Waals surface area contributed by atoms with Crippen molar-refractivity contribution in [3.63, 3.8) is 0 Å². The number of hydrogen-bond acceptors (Lipinski definition) is 4. The van der Waals surface area contributed by atoms with Gasteiger partial charge in [-0.25, -0.2) is 4.98 Å². The molecule has 0 bridgehead atoms. The molecule has 0 spiro atoms. The smallest absolute Gasteiger partial charge is 0.312 e. The van der Waals surface area contributed by atoms with Crippen molar-refractivity contribution in [3.05, 3.63) is 10.6 Å². The Balaban J connectivity index is 1.83. The molecule has 4 nitrogen and oxygen atoms in total. The second-order valence-corrected chi connectivity index (χ2v) is 6.82. The summed E-state index contributed by atoms with van der Waals surface area (Å²) in [5.41, 5.74) is 0.845. The molecule has 1 aliphatic carbocycles. The molecule has 2 aliphatic rings. The lowest BCUT2D eigenvalue weighted by Gasteiger charge is -2.29. The van der Waals surface area contributed by atoms with E-state index >= 15 is 0 Å². The Hall–Kier alpha value is -1.10. The fraction of sp³-hybridized carbons (Fsp3) is 0.714. The number of aliphatic carboxylic acids is 1. The fourth-order valence-electron chi connectivity index (χ4n) is 2.98. The van der Waals surface area contributed by atoms with Gasteiger partial charge in [-0.1, -0.05) is 6.92 Å². The van der Waals surface area contributed by atoms with Crippen LogP contribution in [0.4, 0.5) is 5.13 Å². The Morgan fingerprint density at radius 3 is 2.79 bits per heavy atom.